The molecule has 33 heavy (non-hydrogen) atoms. The molecule has 168 valence electrons. The summed E-state index contributed by atoms with van der Waals surface area (Å²) in [7, 11) is 1.59. The summed E-state index contributed by atoms with van der Waals surface area (Å²) in [6.45, 7) is 2.72. The van der Waals surface area contributed by atoms with Gasteiger partial charge in [0.05, 0.1) is 19.2 Å². The summed E-state index contributed by atoms with van der Waals surface area (Å²) < 4.78 is 18.6. The van der Waals surface area contributed by atoms with Crippen LogP contribution in [0.5, 0.6) is 5.75 Å². The molecule has 0 saturated heterocycles. The molecule has 0 spiro atoms. The predicted molar refractivity (Wildman–Crippen MR) is 134 cm³/mol. The van der Waals surface area contributed by atoms with Gasteiger partial charge in [-0.1, -0.05) is 29.8 Å². The standard InChI is InChI=1S/C26H24FN3O2S/c1-17-3-10-22(11-4-17)28-26(33)30(15-18-5-8-21(27)9-6-18)16-20-13-19-7-12-23(32-2)14-24(19)29-25(20)31/h3-14H,15-16H2,1-2H3,(H,28,33)(H,29,31). The third-order valence-electron chi connectivity index (χ3n) is 5.37. The number of aromatic amines is 1. The van der Waals surface area contributed by atoms with Crippen molar-refractivity contribution in [2.75, 3.05) is 12.4 Å². The normalized spacial score (nSPS) is 10.8. The van der Waals surface area contributed by atoms with E-state index in [1.165, 1.54) is 12.1 Å². The van der Waals surface area contributed by atoms with Gasteiger partial charge in [-0.2, -0.15) is 0 Å². The monoisotopic (exact) mass is 461 g/mol. The van der Waals surface area contributed by atoms with E-state index in [-0.39, 0.29) is 17.9 Å². The molecule has 7 heteroatoms. The van der Waals surface area contributed by atoms with Crippen LogP contribution in [0.3, 0.4) is 0 Å². The maximum absolute atomic E-state index is 13.4. The van der Waals surface area contributed by atoms with Gasteiger partial charge in [-0.15, -0.1) is 0 Å². The number of methoxy groups -OCH3 is 1. The van der Waals surface area contributed by atoms with E-state index in [0.29, 0.717) is 28.5 Å². The van der Waals surface area contributed by atoms with E-state index in [9.17, 15) is 9.18 Å². The lowest BCUT2D eigenvalue weighted by Crippen LogP contribution is -2.35. The first-order valence-corrected chi connectivity index (χ1v) is 10.9. The van der Waals surface area contributed by atoms with Gasteiger partial charge < -0.3 is 19.9 Å². The summed E-state index contributed by atoms with van der Waals surface area (Å²) in [5.74, 6) is 0.374. The molecule has 0 amide bonds. The molecule has 4 aromatic rings. The molecule has 0 atom stereocenters. The van der Waals surface area contributed by atoms with E-state index >= 15 is 0 Å². The lowest BCUT2D eigenvalue weighted by Gasteiger charge is -2.26. The number of fused-ring (bicyclic) bond motifs is 1. The SMILES string of the molecule is COc1ccc2cc(CN(Cc3ccc(F)cc3)C(=S)Nc3ccc(C)cc3)c(=O)[nH]c2c1. The van der Waals surface area contributed by atoms with Crippen molar-refractivity contribution >= 4 is 33.9 Å². The molecule has 0 aliphatic heterocycles. The molecule has 2 N–H and O–H groups in total. The third kappa shape index (κ3) is 5.56. The molecule has 0 bridgehead atoms. The number of H-pyrrole nitrogens is 1. The van der Waals surface area contributed by atoms with Crippen LogP contribution in [-0.2, 0) is 13.1 Å². The van der Waals surface area contributed by atoms with Crippen molar-refractivity contribution in [2.24, 2.45) is 0 Å². The average Bonchev–Trinajstić information content (AvgIpc) is 2.81. The molecule has 0 unspecified atom stereocenters. The van der Waals surface area contributed by atoms with Gasteiger partial charge in [-0.25, -0.2) is 4.39 Å². The van der Waals surface area contributed by atoms with E-state index < -0.39 is 0 Å². The third-order valence-corrected chi connectivity index (χ3v) is 5.73. The van der Waals surface area contributed by atoms with Crippen molar-refractivity contribution in [1.29, 1.82) is 0 Å². The van der Waals surface area contributed by atoms with Gasteiger partial charge >= 0.3 is 0 Å². The Morgan fingerprint density at radius 1 is 1.03 bits per heavy atom. The van der Waals surface area contributed by atoms with E-state index in [1.807, 2.05) is 54.3 Å². The minimum Gasteiger partial charge on any atom is -0.497 e. The first kappa shape index (κ1) is 22.5. The number of thiocarbonyl (C=S) groups is 1. The number of aromatic nitrogens is 1. The number of pyridine rings is 1. The van der Waals surface area contributed by atoms with Crippen molar-refractivity contribution in [2.45, 2.75) is 20.0 Å². The maximum atomic E-state index is 13.4. The van der Waals surface area contributed by atoms with E-state index in [0.717, 1.165) is 22.2 Å². The Kier molecular flexibility index (Phi) is 6.70. The number of ether oxygens (including phenoxy) is 1. The average molecular weight is 462 g/mol. The lowest BCUT2D eigenvalue weighted by atomic mass is 10.1. The first-order valence-electron chi connectivity index (χ1n) is 10.5. The van der Waals surface area contributed by atoms with Crippen LogP contribution in [-0.4, -0.2) is 22.1 Å². The summed E-state index contributed by atoms with van der Waals surface area (Å²) in [6.07, 6.45) is 0. The smallest absolute Gasteiger partial charge is 0.253 e. The fourth-order valence-electron chi connectivity index (χ4n) is 3.52. The number of rotatable bonds is 6. The zero-order chi connectivity index (χ0) is 23.4. The van der Waals surface area contributed by atoms with Crippen molar-refractivity contribution in [3.05, 3.63) is 106 Å². The van der Waals surface area contributed by atoms with Crippen molar-refractivity contribution in [3.8, 4) is 5.75 Å². The molecule has 0 fully saturated rings. The summed E-state index contributed by atoms with van der Waals surface area (Å²) in [5, 5.41) is 4.61. The van der Waals surface area contributed by atoms with Gasteiger partial charge in [0.1, 0.15) is 11.6 Å². The van der Waals surface area contributed by atoms with Crippen LogP contribution in [0.25, 0.3) is 10.9 Å². The highest BCUT2D eigenvalue weighted by molar-refractivity contribution is 7.80. The highest BCUT2D eigenvalue weighted by Crippen LogP contribution is 2.20. The topological polar surface area (TPSA) is 57.4 Å². The molecular formula is C26H24FN3O2S. The summed E-state index contributed by atoms with van der Waals surface area (Å²) in [5.41, 5.74) is 3.96. The Morgan fingerprint density at radius 2 is 1.76 bits per heavy atom. The molecule has 0 aliphatic carbocycles. The summed E-state index contributed by atoms with van der Waals surface area (Å²) in [4.78, 5) is 17.7. The molecule has 1 heterocycles. The number of hydrogen-bond acceptors (Lipinski definition) is 3. The Balaban J connectivity index is 1.64. The van der Waals surface area contributed by atoms with E-state index in [2.05, 4.69) is 10.3 Å². The van der Waals surface area contributed by atoms with Crippen molar-refractivity contribution in [1.82, 2.24) is 9.88 Å². The van der Waals surface area contributed by atoms with Crippen LogP contribution in [0.15, 0.2) is 77.6 Å². The minimum atomic E-state index is -0.299. The van der Waals surface area contributed by atoms with Crippen LogP contribution < -0.4 is 15.6 Å². The van der Waals surface area contributed by atoms with Gasteiger partial charge in [0, 0.05) is 23.9 Å². The zero-order valence-electron chi connectivity index (χ0n) is 18.4. The van der Waals surface area contributed by atoms with Gasteiger partial charge in [0.25, 0.3) is 5.56 Å². The van der Waals surface area contributed by atoms with Gasteiger partial charge in [0.15, 0.2) is 5.11 Å². The summed E-state index contributed by atoms with van der Waals surface area (Å²) >= 11 is 5.70. The second kappa shape index (κ2) is 9.83. The maximum Gasteiger partial charge on any atom is 0.253 e. The van der Waals surface area contributed by atoms with Crippen LogP contribution in [0, 0.1) is 12.7 Å². The Labute approximate surface area is 196 Å². The van der Waals surface area contributed by atoms with Gasteiger partial charge in [-0.3, -0.25) is 4.79 Å². The fraction of sp³-hybridized carbons (Fsp3) is 0.154. The molecule has 1 aromatic heterocycles. The molecular weight excluding hydrogens is 437 g/mol. The second-order valence-corrected chi connectivity index (χ2v) is 8.24. The highest BCUT2D eigenvalue weighted by atomic mass is 32.1. The Bertz CT molecular complexity index is 1330. The molecule has 5 nitrogen and oxygen atoms in total. The van der Waals surface area contributed by atoms with E-state index in [4.69, 9.17) is 17.0 Å². The number of hydrogen-bond donors (Lipinski definition) is 2. The predicted octanol–water partition coefficient (Wildman–Crippen LogP) is 5.38. The minimum absolute atomic E-state index is 0.196. The first-order chi connectivity index (χ1) is 15.9. The van der Waals surface area contributed by atoms with Crippen molar-refractivity contribution < 1.29 is 9.13 Å². The number of aryl methyl sites for hydroxylation is 1. The zero-order valence-corrected chi connectivity index (χ0v) is 19.2. The Morgan fingerprint density at radius 3 is 2.45 bits per heavy atom. The van der Waals surface area contributed by atoms with E-state index in [1.54, 1.807) is 25.3 Å². The molecule has 0 saturated carbocycles. The van der Waals surface area contributed by atoms with Crippen LogP contribution in [0.1, 0.15) is 16.7 Å². The molecule has 3 aromatic carbocycles. The van der Waals surface area contributed by atoms with Crippen molar-refractivity contribution in [3.63, 3.8) is 0 Å². The molecule has 4 rings (SSSR count). The van der Waals surface area contributed by atoms with Crippen LogP contribution in [0.2, 0.25) is 0 Å². The summed E-state index contributed by atoms with van der Waals surface area (Å²) in [6, 6.07) is 21.6. The largest absolute Gasteiger partial charge is 0.497 e. The number of benzene rings is 3. The highest BCUT2D eigenvalue weighted by Gasteiger charge is 2.15. The fourth-order valence-corrected chi connectivity index (χ4v) is 3.77. The molecule has 0 radical (unpaired) electrons. The van der Waals surface area contributed by atoms with Gasteiger partial charge in [0.2, 0.25) is 0 Å². The lowest BCUT2D eigenvalue weighted by molar-refractivity contribution is 0.410. The number of halogens is 1. The number of anilines is 1. The van der Waals surface area contributed by atoms with Gasteiger partial charge in [-0.05, 0) is 72.6 Å². The number of nitrogens with one attached hydrogen (secondary N) is 2. The van der Waals surface area contributed by atoms with Crippen LogP contribution in [0.4, 0.5) is 10.1 Å². The molecule has 0 aliphatic rings. The number of nitrogens with zero attached hydrogens (tertiary/aromatic N) is 1. The second-order valence-electron chi connectivity index (χ2n) is 7.86. The van der Waals surface area contributed by atoms with Crippen LogP contribution >= 0.6 is 12.2 Å². The Hall–Kier alpha value is -3.71. The quantitative estimate of drug-likeness (QED) is 0.378.